The van der Waals surface area contributed by atoms with Crippen molar-refractivity contribution in [3.8, 4) is 0 Å². The summed E-state index contributed by atoms with van der Waals surface area (Å²) in [7, 11) is 1.30. The maximum atomic E-state index is 11.4. The number of rotatable bonds is 4. The topological polar surface area (TPSA) is 94.3 Å². The van der Waals surface area contributed by atoms with Gasteiger partial charge in [0, 0.05) is 5.69 Å². The highest BCUT2D eigenvalue weighted by Gasteiger charge is 2.19. The van der Waals surface area contributed by atoms with Crippen molar-refractivity contribution in [3.05, 3.63) is 22.9 Å². The van der Waals surface area contributed by atoms with Gasteiger partial charge in [-0.1, -0.05) is 0 Å². The average Bonchev–Trinajstić information content (AvgIpc) is 2.26. The molecule has 1 amide bonds. The predicted molar refractivity (Wildman–Crippen MR) is 67.3 cm³/mol. The van der Waals surface area contributed by atoms with Crippen LogP contribution in [-0.4, -0.2) is 30.0 Å². The molecule has 1 atom stereocenters. The summed E-state index contributed by atoms with van der Waals surface area (Å²) in [5.41, 5.74) is 7.05. The number of nitrogens with zero attached hydrogens (tertiary/aromatic N) is 1. The standard InChI is InChI=1S/C12H17N3O3/c1-6-5-7(2)14-11(9(6)10(13)16)15-8(3)12(17)18-4/h5,8H,1-4H3,(H2,13,16)(H,14,15). The van der Waals surface area contributed by atoms with E-state index in [1.165, 1.54) is 7.11 Å². The van der Waals surface area contributed by atoms with Crippen molar-refractivity contribution in [2.45, 2.75) is 26.8 Å². The molecule has 1 rings (SSSR count). The van der Waals surface area contributed by atoms with Crippen LogP contribution in [0.1, 0.15) is 28.5 Å². The number of nitrogens with one attached hydrogen (secondary N) is 1. The first-order valence-corrected chi connectivity index (χ1v) is 5.49. The molecule has 0 aliphatic heterocycles. The van der Waals surface area contributed by atoms with Gasteiger partial charge in [-0.15, -0.1) is 0 Å². The summed E-state index contributed by atoms with van der Waals surface area (Å²) in [5, 5.41) is 2.84. The predicted octanol–water partition coefficient (Wildman–Crippen LogP) is 0.771. The van der Waals surface area contributed by atoms with Crippen LogP contribution in [0, 0.1) is 13.8 Å². The normalized spacial score (nSPS) is 11.8. The van der Waals surface area contributed by atoms with Crippen molar-refractivity contribution >= 4 is 17.7 Å². The van der Waals surface area contributed by atoms with E-state index in [2.05, 4.69) is 15.0 Å². The molecule has 1 aromatic heterocycles. The lowest BCUT2D eigenvalue weighted by Crippen LogP contribution is -2.29. The third-order valence-electron chi connectivity index (χ3n) is 2.50. The molecule has 6 nitrogen and oxygen atoms in total. The van der Waals surface area contributed by atoms with E-state index >= 15 is 0 Å². The molecule has 0 fully saturated rings. The first kappa shape index (κ1) is 14.0. The Morgan fingerprint density at radius 1 is 1.44 bits per heavy atom. The second-order valence-electron chi connectivity index (χ2n) is 4.06. The lowest BCUT2D eigenvalue weighted by Gasteiger charge is -2.16. The fourth-order valence-corrected chi connectivity index (χ4v) is 1.69. The quantitative estimate of drug-likeness (QED) is 0.771. The van der Waals surface area contributed by atoms with Crippen LogP contribution in [-0.2, 0) is 9.53 Å². The first-order valence-electron chi connectivity index (χ1n) is 5.49. The van der Waals surface area contributed by atoms with Gasteiger partial charge in [-0.3, -0.25) is 4.79 Å². The number of carbonyl (C=O) groups is 2. The number of nitrogens with two attached hydrogens (primary N) is 1. The Labute approximate surface area is 106 Å². The number of carbonyl (C=O) groups excluding carboxylic acids is 2. The summed E-state index contributed by atoms with van der Waals surface area (Å²) in [6.07, 6.45) is 0. The van der Waals surface area contributed by atoms with Gasteiger partial charge < -0.3 is 15.8 Å². The molecule has 18 heavy (non-hydrogen) atoms. The summed E-state index contributed by atoms with van der Waals surface area (Å²) >= 11 is 0. The fourth-order valence-electron chi connectivity index (χ4n) is 1.69. The number of aryl methyl sites for hydroxylation is 2. The monoisotopic (exact) mass is 251 g/mol. The van der Waals surface area contributed by atoms with Crippen LogP contribution in [0.15, 0.2) is 6.07 Å². The van der Waals surface area contributed by atoms with Crippen LogP contribution in [0.3, 0.4) is 0 Å². The maximum absolute atomic E-state index is 11.4. The van der Waals surface area contributed by atoms with E-state index in [4.69, 9.17) is 5.73 Å². The highest BCUT2D eigenvalue weighted by atomic mass is 16.5. The lowest BCUT2D eigenvalue weighted by molar-refractivity contribution is -0.141. The molecule has 1 heterocycles. The zero-order valence-corrected chi connectivity index (χ0v) is 10.9. The third-order valence-corrected chi connectivity index (χ3v) is 2.50. The van der Waals surface area contributed by atoms with Gasteiger partial charge >= 0.3 is 5.97 Å². The molecule has 3 N–H and O–H groups in total. The Morgan fingerprint density at radius 2 is 2.06 bits per heavy atom. The van der Waals surface area contributed by atoms with Crippen molar-refractivity contribution in [1.82, 2.24) is 4.98 Å². The largest absolute Gasteiger partial charge is 0.467 e. The van der Waals surface area contributed by atoms with Crippen molar-refractivity contribution in [2.24, 2.45) is 5.73 Å². The van der Waals surface area contributed by atoms with Crippen LogP contribution in [0.5, 0.6) is 0 Å². The van der Waals surface area contributed by atoms with Crippen LogP contribution in [0.2, 0.25) is 0 Å². The molecule has 0 aromatic carbocycles. The number of pyridine rings is 1. The van der Waals surface area contributed by atoms with Gasteiger partial charge in [0.1, 0.15) is 11.9 Å². The van der Waals surface area contributed by atoms with Gasteiger partial charge in [0.2, 0.25) is 0 Å². The molecular weight excluding hydrogens is 234 g/mol. The Bertz CT molecular complexity index is 486. The number of hydrogen-bond acceptors (Lipinski definition) is 5. The fraction of sp³-hybridized carbons (Fsp3) is 0.417. The SMILES string of the molecule is COC(=O)C(C)Nc1nc(C)cc(C)c1C(N)=O. The van der Waals surface area contributed by atoms with Crippen LogP contribution in [0.25, 0.3) is 0 Å². The molecule has 1 unspecified atom stereocenters. The van der Waals surface area contributed by atoms with Gasteiger partial charge in [0.15, 0.2) is 0 Å². The van der Waals surface area contributed by atoms with Crippen molar-refractivity contribution < 1.29 is 14.3 Å². The molecule has 0 spiro atoms. The maximum Gasteiger partial charge on any atom is 0.328 e. The summed E-state index contributed by atoms with van der Waals surface area (Å²) in [4.78, 5) is 26.9. The molecule has 0 saturated heterocycles. The van der Waals surface area contributed by atoms with Crippen molar-refractivity contribution in [3.63, 3.8) is 0 Å². The lowest BCUT2D eigenvalue weighted by atomic mass is 10.1. The third kappa shape index (κ3) is 2.97. The Hall–Kier alpha value is -2.11. The summed E-state index contributed by atoms with van der Waals surface area (Å²) in [6.45, 7) is 5.18. The van der Waals surface area contributed by atoms with E-state index in [0.717, 1.165) is 11.3 Å². The minimum atomic E-state index is -0.609. The number of primary amides is 1. The van der Waals surface area contributed by atoms with E-state index in [0.29, 0.717) is 5.82 Å². The second-order valence-corrected chi connectivity index (χ2v) is 4.06. The highest BCUT2D eigenvalue weighted by molar-refractivity contribution is 5.99. The average molecular weight is 251 g/mol. The zero-order valence-electron chi connectivity index (χ0n) is 10.9. The van der Waals surface area contributed by atoms with Gasteiger partial charge in [0.25, 0.3) is 5.91 Å². The molecule has 0 radical (unpaired) electrons. The van der Waals surface area contributed by atoms with Gasteiger partial charge in [-0.05, 0) is 32.4 Å². The van der Waals surface area contributed by atoms with Crippen LogP contribution in [0.4, 0.5) is 5.82 Å². The number of amides is 1. The Morgan fingerprint density at radius 3 is 2.56 bits per heavy atom. The molecule has 0 bridgehead atoms. The Kier molecular flexibility index (Phi) is 4.25. The summed E-state index contributed by atoms with van der Waals surface area (Å²) in [5.74, 6) is -0.719. The number of methoxy groups -OCH3 is 1. The molecular formula is C12H17N3O3. The van der Waals surface area contributed by atoms with Crippen molar-refractivity contribution in [2.75, 3.05) is 12.4 Å². The van der Waals surface area contributed by atoms with E-state index in [9.17, 15) is 9.59 Å². The molecule has 1 aromatic rings. The van der Waals surface area contributed by atoms with Gasteiger partial charge in [0.05, 0.1) is 12.7 Å². The van der Waals surface area contributed by atoms with Gasteiger partial charge in [-0.2, -0.15) is 0 Å². The molecule has 0 aliphatic carbocycles. The van der Waals surface area contributed by atoms with E-state index in [1.54, 1.807) is 26.8 Å². The minimum Gasteiger partial charge on any atom is -0.467 e. The van der Waals surface area contributed by atoms with Crippen LogP contribution >= 0.6 is 0 Å². The molecule has 98 valence electrons. The zero-order chi connectivity index (χ0) is 13.9. The second kappa shape index (κ2) is 5.48. The molecule has 0 saturated carbocycles. The summed E-state index contributed by atoms with van der Waals surface area (Å²) in [6, 6.07) is 1.15. The highest BCUT2D eigenvalue weighted by Crippen LogP contribution is 2.19. The molecule has 0 aliphatic rings. The number of anilines is 1. The van der Waals surface area contributed by atoms with Gasteiger partial charge in [-0.25, -0.2) is 9.78 Å². The molecule has 6 heteroatoms. The van der Waals surface area contributed by atoms with E-state index in [1.807, 2.05) is 0 Å². The van der Waals surface area contributed by atoms with Crippen molar-refractivity contribution in [1.29, 1.82) is 0 Å². The smallest absolute Gasteiger partial charge is 0.328 e. The summed E-state index contributed by atoms with van der Waals surface area (Å²) < 4.78 is 4.60. The number of ether oxygens (including phenoxy) is 1. The van der Waals surface area contributed by atoms with E-state index < -0.39 is 17.9 Å². The minimum absolute atomic E-state index is 0.288. The van der Waals surface area contributed by atoms with E-state index in [-0.39, 0.29) is 5.56 Å². The Balaban J connectivity index is 3.15. The van der Waals surface area contributed by atoms with Crippen LogP contribution < -0.4 is 11.1 Å². The number of esters is 1. The number of aromatic nitrogens is 1. The first-order chi connectivity index (χ1) is 8.36. The number of hydrogen-bond donors (Lipinski definition) is 2.